The first-order valence-corrected chi connectivity index (χ1v) is 8.07. The Kier molecular flexibility index (Phi) is 3.39. The normalized spacial score (nSPS) is 44.8. The molecule has 0 aromatic heterocycles. The van der Waals surface area contributed by atoms with E-state index in [4.69, 9.17) is 10.5 Å². The van der Waals surface area contributed by atoms with Gasteiger partial charge >= 0.3 is 0 Å². The summed E-state index contributed by atoms with van der Waals surface area (Å²) < 4.78 is 5.80. The summed E-state index contributed by atoms with van der Waals surface area (Å²) >= 11 is 0. The van der Waals surface area contributed by atoms with Gasteiger partial charge in [-0.1, -0.05) is 20.8 Å². The number of likely N-dealkylation sites (N-methyl/N-ethyl adjacent to an activating group) is 1. The second-order valence-corrected chi connectivity index (χ2v) is 8.00. The number of amides is 1. The van der Waals surface area contributed by atoms with Crippen LogP contribution in [0.25, 0.3) is 0 Å². The zero-order valence-electron chi connectivity index (χ0n) is 13.9. The molecule has 0 aromatic rings. The molecule has 5 atom stereocenters. The van der Waals surface area contributed by atoms with Crippen LogP contribution in [0.15, 0.2) is 0 Å². The van der Waals surface area contributed by atoms with Crippen molar-refractivity contribution in [2.75, 3.05) is 33.8 Å². The Morgan fingerprint density at radius 1 is 1.33 bits per heavy atom. The predicted molar refractivity (Wildman–Crippen MR) is 81.8 cm³/mol. The third kappa shape index (κ3) is 1.83. The molecule has 1 amide bonds. The van der Waals surface area contributed by atoms with Crippen LogP contribution in [-0.2, 0) is 9.53 Å². The topological polar surface area (TPSA) is 58.8 Å². The van der Waals surface area contributed by atoms with Crippen LogP contribution in [0.3, 0.4) is 0 Å². The van der Waals surface area contributed by atoms with Crippen molar-refractivity contribution in [2.45, 2.75) is 44.9 Å². The molecule has 5 unspecified atom stereocenters. The van der Waals surface area contributed by atoms with Crippen molar-refractivity contribution >= 4 is 5.91 Å². The molecule has 0 aromatic carbocycles. The Morgan fingerprint density at radius 2 is 2.00 bits per heavy atom. The smallest absolute Gasteiger partial charge is 0.243 e. The van der Waals surface area contributed by atoms with E-state index in [1.54, 1.807) is 0 Å². The minimum Gasteiger partial charge on any atom is -0.377 e. The second-order valence-electron chi connectivity index (χ2n) is 8.00. The highest BCUT2D eigenvalue weighted by Gasteiger charge is 2.72. The number of ether oxygens (including phenoxy) is 1. The second kappa shape index (κ2) is 4.67. The lowest BCUT2D eigenvalue weighted by atomic mass is 9.47. The van der Waals surface area contributed by atoms with E-state index in [1.165, 1.54) is 0 Å². The summed E-state index contributed by atoms with van der Waals surface area (Å²) in [5.74, 6) is 0.815. The number of nitrogens with zero attached hydrogens (tertiary/aromatic N) is 2. The Bertz CT molecular complexity index is 451. The highest BCUT2D eigenvalue weighted by molar-refractivity contribution is 5.90. The number of hydrogen-bond donors (Lipinski definition) is 1. The van der Waals surface area contributed by atoms with Gasteiger partial charge in [-0.05, 0) is 26.4 Å². The molecule has 1 aliphatic carbocycles. The molecular weight excluding hydrogens is 266 g/mol. The van der Waals surface area contributed by atoms with Crippen molar-refractivity contribution in [1.29, 1.82) is 0 Å². The lowest BCUT2D eigenvalue weighted by molar-refractivity contribution is -0.183. The fraction of sp³-hybridized carbons (Fsp3) is 0.938. The standard InChI is InChI=1S/C16H29N3O2/c1-10-8-19(9-12(10)18(4)5)14(20)16(17)11-6-7-21-13(11)15(16,2)3/h10-13H,6-9,17H2,1-5H3. The Labute approximate surface area is 127 Å². The maximum atomic E-state index is 13.1. The number of fused-ring (bicyclic) bond motifs is 1. The molecule has 21 heavy (non-hydrogen) atoms. The molecule has 1 saturated carbocycles. The first kappa shape index (κ1) is 15.3. The van der Waals surface area contributed by atoms with Gasteiger partial charge in [0.1, 0.15) is 5.54 Å². The average Bonchev–Trinajstić information content (AvgIpc) is 3.02. The number of carbonyl (C=O) groups excluding carboxylic acids is 1. The van der Waals surface area contributed by atoms with E-state index < -0.39 is 5.54 Å². The van der Waals surface area contributed by atoms with Gasteiger partial charge in [-0.2, -0.15) is 0 Å². The van der Waals surface area contributed by atoms with Gasteiger partial charge in [0, 0.05) is 37.1 Å². The number of likely N-dealkylation sites (tertiary alicyclic amines) is 1. The van der Waals surface area contributed by atoms with Crippen LogP contribution in [0.5, 0.6) is 0 Å². The van der Waals surface area contributed by atoms with E-state index in [0.29, 0.717) is 12.0 Å². The molecule has 3 fully saturated rings. The summed E-state index contributed by atoms with van der Waals surface area (Å²) in [5.41, 5.74) is 5.64. The summed E-state index contributed by atoms with van der Waals surface area (Å²) in [7, 11) is 4.17. The lowest BCUT2D eigenvalue weighted by Crippen LogP contribution is -2.80. The van der Waals surface area contributed by atoms with Gasteiger partial charge in [-0.25, -0.2) is 0 Å². The van der Waals surface area contributed by atoms with E-state index >= 15 is 0 Å². The van der Waals surface area contributed by atoms with E-state index in [0.717, 1.165) is 26.1 Å². The van der Waals surface area contributed by atoms with Crippen LogP contribution in [0.2, 0.25) is 0 Å². The Hall–Kier alpha value is -0.650. The van der Waals surface area contributed by atoms with Crippen LogP contribution in [0.1, 0.15) is 27.2 Å². The Balaban J connectivity index is 1.80. The van der Waals surface area contributed by atoms with Crippen LogP contribution >= 0.6 is 0 Å². The predicted octanol–water partition coefficient (Wildman–Crippen LogP) is 0.537. The van der Waals surface area contributed by atoms with Crippen molar-refractivity contribution in [3.05, 3.63) is 0 Å². The molecule has 3 aliphatic rings. The zero-order chi connectivity index (χ0) is 15.6. The summed E-state index contributed by atoms with van der Waals surface area (Å²) in [6.07, 6.45) is 1.06. The molecule has 120 valence electrons. The molecule has 0 bridgehead atoms. The van der Waals surface area contributed by atoms with E-state index in [-0.39, 0.29) is 23.3 Å². The number of carbonyl (C=O) groups is 1. The van der Waals surface area contributed by atoms with Crippen LogP contribution < -0.4 is 5.73 Å². The molecular formula is C16H29N3O2. The molecule has 0 radical (unpaired) electrons. The molecule has 2 saturated heterocycles. The molecule has 2 heterocycles. The first-order chi connectivity index (χ1) is 9.71. The summed E-state index contributed by atoms with van der Waals surface area (Å²) in [6.45, 7) is 8.73. The maximum absolute atomic E-state index is 13.1. The number of hydrogen-bond acceptors (Lipinski definition) is 4. The first-order valence-electron chi connectivity index (χ1n) is 8.07. The summed E-state index contributed by atoms with van der Waals surface area (Å²) in [5, 5.41) is 0. The van der Waals surface area contributed by atoms with Crippen LogP contribution in [0, 0.1) is 17.3 Å². The third-order valence-corrected chi connectivity index (χ3v) is 6.33. The molecule has 5 nitrogen and oxygen atoms in total. The van der Waals surface area contributed by atoms with Crippen LogP contribution in [0.4, 0.5) is 0 Å². The van der Waals surface area contributed by atoms with E-state index in [2.05, 4.69) is 39.8 Å². The van der Waals surface area contributed by atoms with Crippen molar-refractivity contribution in [3.63, 3.8) is 0 Å². The van der Waals surface area contributed by atoms with Crippen molar-refractivity contribution in [1.82, 2.24) is 9.80 Å². The van der Waals surface area contributed by atoms with E-state index in [1.807, 2.05) is 4.90 Å². The van der Waals surface area contributed by atoms with Gasteiger partial charge in [-0.15, -0.1) is 0 Å². The molecule has 5 heteroatoms. The van der Waals surface area contributed by atoms with Gasteiger partial charge in [0.05, 0.1) is 6.10 Å². The van der Waals surface area contributed by atoms with Crippen molar-refractivity contribution in [3.8, 4) is 0 Å². The minimum absolute atomic E-state index is 0.135. The highest BCUT2D eigenvalue weighted by atomic mass is 16.5. The quantitative estimate of drug-likeness (QED) is 0.808. The lowest BCUT2D eigenvalue weighted by Gasteiger charge is -2.61. The fourth-order valence-corrected chi connectivity index (χ4v) is 4.87. The number of nitrogens with two attached hydrogens (primary N) is 1. The summed E-state index contributed by atoms with van der Waals surface area (Å²) in [6, 6.07) is 0.427. The van der Waals surface area contributed by atoms with E-state index in [9.17, 15) is 4.79 Å². The zero-order valence-corrected chi connectivity index (χ0v) is 13.9. The van der Waals surface area contributed by atoms with Gasteiger partial charge < -0.3 is 20.3 Å². The minimum atomic E-state index is -0.755. The van der Waals surface area contributed by atoms with Gasteiger partial charge in [-0.3, -0.25) is 4.79 Å². The van der Waals surface area contributed by atoms with Crippen molar-refractivity contribution in [2.24, 2.45) is 23.0 Å². The van der Waals surface area contributed by atoms with Crippen molar-refractivity contribution < 1.29 is 9.53 Å². The van der Waals surface area contributed by atoms with Gasteiger partial charge in [0.2, 0.25) is 5.91 Å². The largest absolute Gasteiger partial charge is 0.377 e. The fourth-order valence-electron chi connectivity index (χ4n) is 4.87. The monoisotopic (exact) mass is 295 g/mol. The third-order valence-electron chi connectivity index (χ3n) is 6.33. The average molecular weight is 295 g/mol. The molecule has 2 N–H and O–H groups in total. The Morgan fingerprint density at radius 3 is 2.57 bits per heavy atom. The van der Waals surface area contributed by atoms with Gasteiger partial charge in [0.25, 0.3) is 0 Å². The molecule has 0 spiro atoms. The van der Waals surface area contributed by atoms with Crippen LogP contribution in [-0.4, -0.2) is 67.2 Å². The molecule has 2 aliphatic heterocycles. The SMILES string of the molecule is CC1CN(C(=O)C2(N)C3CCOC3C2(C)C)CC1N(C)C. The van der Waals surface area contributed by atoms with Gasteiger partial charge in [0.15, 0.2) is 0 Å². The number of rotatable bonds is 2. The highest BCUT2D eigenvalue weighted by Crippen LogP contribution is 2.58. The summed E-state index contributed by atoms with van der Waals surface area (Å²) in [4.78, 5) is 17.4. The molecule has 3 rings (SSSR count). The maximum Gasteiger partial charge on any atom is 0.243 e.